The predicted octanol–water partition coefficient (Wildman–Crippen LogP) is 10.9. The number of allylic oxidation sites excluding steroid dienone is 1. The van der Waals surface area contributed by atoms with Crippen molar-refractivity contribution < 1.29 is 4.42 Å². The Hall–Kier alpha value is -5.87. The number of rotatable bonds is 3. The molecule has 8 aromatic rings. The number of benzene rings is 6. The highest BCUT2D eigenvalue weighted by molar-refractivity contribution is 6.23. The molecule has 4 nitrogen and oxygen atoms in total. The third-order valence-corrected chi connectivity index (χ3v) is 9.20. The predicted molar refractivity (Wildman–Crippen MR) is 192 cm³/mol. The monoisotopic (exact) mass is 591 g/mol. The number of pyridine rings is 1. The van der Waals surface area contributed by atoms with E-state index in [0.717, 1.165) is 73.8 Å². The van der Waals surface area contributed by atoms with Crippen molar-refractivity contribution in [1.82, 2.24) is 4.98 Å². The summed E-state index contributed by atoms with van der Waals surface area (Å²) in [6.45, 7) is 2.19. The maximum atomic E-state index is 6.25. The van der Waals surface area contributed by atoms with E-state index in [1.165, 1.54) is 27.1 Å². The molecule has 0 N–H and O–H groups in total. The highest BCUT2D eigenvalue weighted by Crippen LogP contribution is 2.35. The summed E-state index contributed by atoms with van der Waals surface area (Å²) in [6.07, 6.45) is 3.61. The van der Waals surface area contributed by atoms with E-state index in [1.807, 2.05) is 30.5 Å². The van der Waals surface area contributed by atoms with E-state index < -0.39 is 0 Å². The van der Waals surface area contributed by atoms with Crippen LogP contribution in [-0.4, -0.2) is 16.5 Å². The Kier molecular flexibility index (Phi) is 6.13. The molecule has 0 bridgehead atoms. The summed E-state index contributed by atoms with van der Waals surface area (Å²) in [5, 5.41) is 9.29. The number of hydrogen-bond donors (Lipinski definition) is 0. The minimum absolute atomic E-state index is 0.609. The minimum atomic E-state index is 0.609. The highest BCUT2D eigenvalue weighted by Gasteiger charge is 2.20. The van der Waals surface area contributed by atoms with Crippen molar-refractivity contribution in [1.29, 1.82) is 0 Å². The first kappa shape index (κ1) is 26.5. The number of aromatic nitrogens is 1. The van der Waals surface area contributed by atoms with Crippen molar-refractivity contribution in [3.05, 3.63) is 156 Å². The lowest BCUT2D eigenvalue weighted by molar-refractivity contribution is 0.669. The van der Waals surface area contributed by atoms with Crippen molar-refractivity contribution >= 4 is 71.5 Å². The Bertz CT molecular complexity index is 2590. The van der Waals surface area contributed by atoms with E-state index in [1.54, 1.807) is 0 Å². The molecule has 9 rings (SSSR count). The van der Waals surface area contributed by atoms with Gasteiger partial charge >= 0.3 is 0 Å². The van der Waals surface area contributed by atoms with Gasteiger partial charge in [0.15, 0.2) is 5.84 Å². The molecular formula is C42H29N3O. The lowest BCUT2D eigenvalue weighted by atomic mass is 9.95. The highest BCUT2D eigenvalue weighted by atomic mass is 16.3. The first-order valence-corrected chi connectivity index (χ1v) is 15.7. The molecule has 2 aromatic heterocycles. The number of para-hydroxylation sites is 1. The molecule has 4 heteroatoms. The SMILES string of the molecule is C\C1=C(c2ccccc2)/N=C(c2cc3ccc4ccc5ccccc5c4c3cn2)\N=C(\c2cccc3oc4ccccc4c23)CC1. The molecule has 0 fully saturated rings. The summed E-state index contributed by atoms with van der Waals surface area (Å²) >= 11 is 0. The van der Waals surface area contributed by atoms with E-state index in [0.29, 0.717) is 5.84 Å². The molecule has 3 heterocycles. The van der Waals surface area contributed by atoms with E-state index in [9.17, 15) is 0 Å². The van der Waals surface area contributed by atoms with Crippen LogP contribution < -0.4 is 0 Å². The van der Waals surface area contributed by atoms with Crippen LogP contribution in [0.5, 0.6) is 0 Å². The summed E-state index contributed by atoms with van der Waals surface area (Å²) in [5.41, 5.74) is 7.80. The summed E-state index contributed by atoms with van der Waals surface area (Å²) in [7, 11) is 0. The molecule has 0 aliphatic carbocycles. The summed E-state index contributed by atoms with van der Waals surface area (Å²) in [5.74, 6) is 0.609. The topological polar surface area (TPSA) is 50.8 Å². The van der Waals surface area contributed by atoms with Gasteiger partial charge in [0.1, 0.15) is 16.9 Å². The van der Waals surface area contributed by atoms with Crippen LogP contribution in [0.4, 0.5) is 0 Å². The van der Waals surface area contributed by atoms with Crippen LogP contribution >= 0.6 is 0 Å². The van der Waals surface area contributed by atoms with Crippen molar-refractivity contribution in [2.45, 2.75) is 19.8 Å². The fraction of sp³-hybridized carbons (Fsp3) is 0.0714. The molecule has 0 radical (unpaired) electrons. The largest absolute Gasteiger partial charge is 0.456 e. The third kappa shape index (κ3) is 4.33. The van der Waals surface area contributed by atoms with Crippen molar-refractivity contribution in [3.8, 4) is 0 Å². The van der Waals surface area contributed by atoms with Crippen LogP contribution in [0.3, 0.4) is 0 Å². The van der Waals surface area contributed by atoms with Gasteiger partial charge < -0.3 is 4.42 Å². The van der Waals surface area contributed by atoms with Gasteiger partial charge in [-0.3, -0.25) is 4.98 Å². The van der Waals surface area contributed by atoms with Gasteiger partial charge in [0.25, 0.3) is 0 Å². The molecule has 46 heavy (non-hydrogen) atoms. The van der Waals surface area contributed by atoms with Crippen LogP contribution in [0.2, 0.25) is 0 Å². The van der Waals surface area contributed by atoms with Gasteiger partial charge in [-0.1, -0.05) is 109 Å². The van der Waals surface area contributed by atoms with Gasteiger partial charge in [-0.2, -0.15) is 0 Å². The molecule has 0 atom stereocenters. The smallest absolute Gasteiger partial charge is 0.178 e. The number of aliphatic imine (C=N–C) groups is 2. The van der Waals surface area contributed by atoms with Gasteiger partial charge in [0.05, 0.1) is 11.4 Å². The number of amidine groups is 1. The molecule has 0 amide bonds. The van der Waals surface area contributed by atoms with Crippen LogP contribution in [0.25, 0.3) is 60.0 Å². The number of hydrogen-bond acceptors (Lipinski definition) is 4. The molecule has 218 valence electrons. The zero-order valence-corrected chi connectivity index (χ0v) is 25.4. The van der Waals surface area contributed by atoms with Gasteiger partial charge in [-0.25, -0.2) is 9.98 Å². The second-order valence-corrected chi connectivity index (χ2v) is 12.0. The van der Waals surface area contributed by atoms with Crippen molar-refractivity contribution in [2.24, 2.45) is 9.98 Å². The van der Waals surface area contributed by atoms with Gasteiger partial charge in [-0.05, 0) is 70.5 Å². The average molecular weight is 592 g/mol. The van der Waals surface area contributed by atoms with E-state index in [4.69, 9.17) is 19.4 Å². The Morgan fingerprint density at radius 2 is 1.30 bits per heavy atom. The lowest BCUT2D eigenvalue weighted by Crippen LogP contribution is -2.12. The summed E-state index contributed by atoms with van der Waals surface area (Å²) < 4.78 is 6.25. The van der Waals surface area contributed by atoms with E-state index in [-0.39, 0.29) is 0 Å². The molecule has 0 unspecified atom stereocenters. The summed E-state index contributed by atoms with van der Waals surface area (Å²) in [6, 6.07) is 44.3. The quantitative estimate of drug-likeness (QED) is 0.192. The molecular weight excluding hydrogens is 562 g/mol. The van der Waals surface area contributed by atoms with Crippen molar-refractivity contribution in [2.75, 3.05) is 0 Å². The fourth-order valence-electron chi connectivity index (χ4n) is 6.91. The minimum Gasteiger partial charge on any atom is -0.456 e. The molecule has 1 aliphatic rings. The van der Waals surface area contributed by atoms with Crippen molar-refractivity contribution in [3.63, 3.8) is 0 Å². The van der Waals surface area contributed by atoms with Gasteiger partial charge in [0.2, 0.25) is 0 Å². The Balaban J connectivity index is 1.28. The number of fused-ring (bicyclic) bond motifs is 8. The molecule has 0 saturated heterocycles. The first-order valence-electron chi connectivity index (χ1n) is 15.7. The normalized spacial score (nSPS) is 18.0. The van der Waals surface area contributed by atoms with Gasteiger partial charge in [-0.15, -0.1) is 0 Å². The van der Waals surface area contributed by atoms with Crippen LogP contribution in [0.1, 0.15) is 36.6 Å². The molecule has 0 spiro atoms. The second kappa shape index (κ2) is 10.6. The number of nitrogens with zero attached hydrogens (tertiary/aromatic N) is 3. The Labute approximate surface area is 266 Å². The van der Waals surface area contributed by atoms with Crippen LogP contribution in [0.15, 0.2) is 154 Å². The average Bonchev–Trinajstić information content (AvgIpc) is 3.49. The Morgan fingerprint density at radius 1 is 0.565 bits per heavy atom. The molecule has 6 aromatic carbocycles. The second-order valence-electron chi connectivity index (χ2n) is 12.0. The van der Waals surface area contributed by atoms with Crippen LogP contribution in [-0.2, 0) is 0 Å². The lowest BCUT2D eigenvalue weighted by Gasteiger charge is -2.17. The third-order valence-electron chi connectivity index (χ3n) is 9.20. The Morgan fingerprint density at radius 3 is 2.20 bits per heavy atom. The zero-order chi connectivity index (χ0) is 30.6. The van der Waals surface area contributed by atoms with Crippen LogP contribution in [0, 0.1) is 0 Å². The van der Waals surface area contributed by atoms with E-state index in [2.05, 4.69) is 110 Å². The maximum absolute atomic E-state index is 6.25. The summed E-state index contributed by atoms with van der Waals surface area (Å²) in [4.78, 5) is 15.7. The standard InChI is InChI=1S/C42H29N3O/c1-26-18-23-35(32-15-9-17-38-40(32)33-14-7-8-16-37(33)46-38)44-42(45-41(26)29-11-3-2-4-12-29)36-24-30-22-21-28-20-19-27-10-5-6-13-31(27)39(28)34(30)25-43-36/h2-17,19-22,24-25H,18,23H2,1H3/b41-26+,44-35+,45-42-. The fourth-order valence-corrected chi connectivity index (χ4v) is 6.91. The van der Waals surface area contributed by atoms with Gasteiger partial charge in [0, 0.05) is 33.5 Å². The number of furan rings is 1. The first-order chi connectivity index (χ1) is 22.7. The molecule has 0 saturated carbocycles. The molecule has 1 aliphatic heterocycles. The maximum Gasteiger partial charge on any atom is 0.178 e. The zero-order valence-electron chi connectivity index (χ0n) is 25.4. The van der Waals surface area contributed by atoms with E-state index >= 15 is 0 Å².